The average Bonchev–Trinajstić information content (AvgIpc) is 2.54. The first-order valence-electron chi connectivity index (χ1n) is 7.95. The molecule has 22 heavy (non-hydrogen) atoms. The second kappa shape index (κ2) is 8.03. The molecule has 1 heterocycles. The Kier molecular flexibility index (Phi) is 6.07. The highest BCUT2D eigenvalue weighted by molar-refractivity contribution is 5.95. The molecule has 0 bridgehead atoms. The van der Waals surface area contributed by atoms with Gasteiger partial charge in [0, 0.05) is 11.8 Å². The molecule has 5 nitrogen and oxygen atoms in total. The van der Waals surface area contributed by atoms with Crippen LogP contribution in [0.3, 0.4) is 0 Å². The van der Waals surface area contributed by atoms with Crippen LogP contribution in [0, 0.1) is 5.92 Å². The first kappa shape index (κ1) is 16.6. The van der Waals surface area contributed by atoms with Crippen LogP contribution in [0.5, 0.6) is 11.5 Å². The van der Waals surface area contributed by atoms with E-state index in [9.17, 15) is 4.79 Å². The highest BCUT2D eigenvalue weighted by Crippen LogP contribution is 2.30. The molecule has 1 aromatic rings. The molecule has 0 radical (unpaired) electrons. The van der Waals surface area contributed by atoms with Crippen molar-refractivity contribution in [2.45, 2.75) is 39.2 Å². The Bertz CT molecular complexity index is 497. The van der Waals surface area contributed by atoms with Crippen LogP contribution in [0.25, 0.3) is 0 Å². The molecular formula is C17H26N2O3. The maximum atomic E-state index is 12.2. The Morgan fingerprint density at radius 1 is 1.36 bits per heavy atom. The number of amides is 1. The second-order valence-electron chi connectivity index (χ2n) is 6.06. The van der Waals surface area contributed by atoms with E-state index in [1.54, 1.807) is 13.2 Å². The average molecular weight is 306 g/mol. The van der Waals surface area contributed by atoms with E-state index in [-0.39, 0.29) is 11.9 Å². The number of methoxy groups -OCH3 is 1. The Labute approximate surface area is 132 Å². The van der Waals surface area contributed by atoms with Gasteiger partial charge in [0.05, 0.1) is 19.8 Å². The Morgan fingerprint density at radius 2 is 2.18 bits per heavy atom. The lowest BCUT2D eigenvalue weighted by atomic mass is 10.0. The van der Waals surface area contributed by atoms with Gasteiger partial charge in [0.25, 0.3) is 0 Å². The van der Waals surface area contributed by atoms with Gasteiger partial charge < -0.3 is 20.1 Å². The predicted molar refractivity (Wildman–Crippen MR) is 87.6 cm³/mol. The molecule has 1 aromatic carbocycles. The van der Waals surface area contributed by atoms with Crippen molar-refractivity contribution in [1.29, 1.82) is 0 Å². The fourth-order valence-corrected chi connectivity index (χ4v) is 2.43. The molecule has 0 unspecified atom stereocenters. The van der Waals surface area contributed by atoms with Crippen LogP contribution in [0.2, 0.25) is 0 Å². The molecule has 122 valence electrons. The molecule has 0 spiro atoms. The minimum atomic E-state index is -0.100. The van der Waals surface area contributed by atoms with Gasteiger partial charge in [-0.05, 0) is 37.4 Å². The lowest BCUT2D eigenvalue weighted by Crippen LogP contribution is -2.43. The van der Waals surface area contributed by atoms with Gasteiger partial charge >= 0.3 is 0 Å². The first-order chi connectivity index (χ1) is 10.6. The topological polar surface area (TPSA) is 59.6 Å². The number of rotatable bonds is 6. The molecule has 1 saturated heterocycles. The highest BCUT2D eigenvalue weighted by Gasteiger charge is 2.20. The summed E-state index contributed by atoms with van der Waals surface area (Å²) in [5, 5.41) is 6.19. The summed E-state index contributed by atoms with van der Waals surface area (Å²) in [6, 6.07) is 5.39. The normalized spacial score (nSPS) is 18.1. The van der Waals surface area contributed by atoms with Crippen LogP contribution in [0.4, 0.5) is 5.69 Å². The summed E-state index contributed by atoms with van der Waals surface area (Å²) >= 11 is 0. The number of carbonyl (C=O) groups is 1. The molecule has 1 amide bonds. The minimum Gasteiger partial charge on any atom is -0.493 e. The van der Waals surface area contributed by atoms with Crippen LogP contribution < -0.4 is 20.1 Å². The Morgan fingerprint density at radius 3 is 2.82 bits per heavy atom. The third-order valence-corrected chi connectivity index (χ3v) is 3.63. The van der Waals surface area contributed by atoms with Gasteiger partial charge in [-0.15, -0.1) is 0 Å². The van der Waals surface area contributed by atoms with E-state index < -0.39 is 0 Å². The van der Waals surface area contributed by atoms with Crippen molar-refractivity contribution in [3.05, 3.63) is 18.2 Å². The van der Waals surface area contributed by atoms with Gasteiger partial charge in [-0.2, -0.15) is 0 Å². The number of nitrogens with one attached hydrogen (secondary N) is 2. The zero-order valence-corrected chi connectivity index (χ0v) is 13.6. The molecule has 1 atom stereocenters. The number of hydrogen-bond acceptors (Lipinski definition) is 4. The van der Waals surface area contributed by atoms with Gasteiger partial charge in [-0.3, -0.25) is 4.79 Å². The summed E-state index contributed by atoms with van der Waals surface area (Å²) in [5.74, 6) is 1.79. The number of anilines is 1. The van der Waals surface area contributed by atoms with Crippen molar-refractivity contribution in [2.75, 3.05) is 25.6 Å². The van der Waals surface area contributed by atoms with E-state index in [2.05, 4.69) is 24.5 Å². The zero-order valence-electron chi connectivity index (χ0n) is 13.6. The Hall–Kier alpha value is -1.75. The van der Waals surface area contributed by atoms with Gasteiger partial charge in [-0.25, -0.2) is 0 Å². The smallest absolute Gasteiger partial charge is 0.241 e. The van der Waals surface area contributed by atoms with Crippen molar-refractivity contribution < 1.29 is 14.3 Å². The summed E-state index contributed by atoms with van der Waals surface area (Å²) in [5.41, 5.74) is 0.728. The van der Waals surface area contributed by atoms with Gasteiger partial charge in [0.15, 0.2) is 11.5 Å². The summed E-state index contributed by atoms with van der Waals surface area (Å²) in [7, 11) is 1.60. The van der Waals surface area contributed by atoms with Crippen molar-refractivity contribution in [2.24, 2.45) is 5.92 Å². The minimum absolute atomic E-state index is 0.0117. The van der Waals surface area contributed by atoms with E-state index in [1.807, 2.05) is 12.1 Å². The SMILES string of the molecule is COc1cc(NC(=O)[C@H]2CCCCN2)ccc1OCC(C)C. The molecule has 2 N–H and O–H groups in total. The fourth-order valence-electron chi connectivity index (χ4n) is 2.43. The van der Waals surface area contributed by atoms with E-state index >= 15 is 0 Å². The molecule has 1 aliphatic heterocycles. The summed E-state index contributed by atoms with van der Waals surface area (Å²) in [6.45, 7) is 5.73. The third-order valence-electron chi connectivity index (χ3n) is 3.63. The molecule has 0 saturated carbocycles. The highest BCUT2D eigenvalue weighted by atomic mass is 16.5. The number of carbonyl (C=O) groups excluding carboxylic acids is 1. The van der Waals surface area contributed by atoms with E-state index in [1.165, 1.54) is 0 Å². The second-order valence-corrected chi connectivity index (χ2v) is 6.06. The lowest BCUT2D eigenvalue weighted by Gasteiger charge is -2.22. The maximum absolute atomic E-state index is 12.2. The van der Waals surface area contributed by atoms with E-state index in [0.717, 1.165) is 31.5 Å². The predicted octanol–water partition coefficient (Wildman–Crippen LogP) is 2.81. The number of ether oxygens (including phenoxy) is 2. The summed E-state index contributed by atoms with van der Waals surface area (Å²) in [4.78, 5) is 12.2. The molecule has 2 rings (SSSR count). The monoisotopic (exact) mass is 306 g/mol. The molecule has 1 fully saturated rings. The lowest BCUT2D eigenvalue weighted by molar-refractivity contribution is -0.118. The van der Waals surface area contributed by atoms with Crippen LogP contribution in [0.15, 0.2) is 18.2 Å². The van der Waals surface area contributed by atoms with Gasteiger partial charge in [0.1, 0.15) is 0 Å². The van der Waals surface area contributed by atoms with Crippen molar-refractivity contribution >= 4 is 11.6 Å². The molecule has 0 aliphatic carbocycles. The summed E-state index contributed by atoms with van der Waals surface area (Å²) < 4.78 is 11.1. The summed E-state index contributed by atoms with van der Waals surface area (Å²) in [6.07, 6.45) is 3.12. The zero-order chi connectivity index (χ0) is 15.9. The fraction of sp³-hybridized carbons (Fsp3) is 0.588. The first-order valence-corrected chi connectivity index (χ1v) is 7.95. The van der Waals surface area contributed by atoms with Crippen LogP contribution in [0.1, 0.15) is 33.1 Å². The Balaban J connectivity index is 2.00. The molecular weight excluding hydrogens is 280 g/mol. The molecule has 1 aliphatic rings. The molecule has 5 heteroatoms. The van der Waals surface area contributed by atoms with Gasteiger partial charge in [-0.1, -0.05) is 20.3 Å². The quantitative estimate of drug-likeness (QED) is 0.848. The number of hydrogen-bond donors (Lipinski definition) is 2. The van der Waals surface area contributed by atoms with Crippen LogP contribution in [-0.4, -0.2) is 32.2 Å². The number of benzene rings is 1. The van der Waals surface area contributed by atoms with E-state index in [4.69, 9.17) is 9.47 Å². The maximum Gasteiger partial charge on any atom is 0.241 e. The third kappa shape index (κ3) is 4.63. The van der Waals surface area contributed by atoms with Crippen molar-refractivity contribution in [3.8, 4) is 11.5 Å². The van der Waals surface area contributed by atoms with E-state index in [0.29, 0.717) is 24.0 Å². The number of piperidine rings is 1. The van der Waals surface area contributed by atoms with Crippen molar-refractivity contribution in [1.82, 2.24) is 5.32 Å². The van der Waals surface area contributed by atoms with Crippen molar-refractivity contribution in [3.63, 3.8) is 0 Å². The van der Waals surface area contributed by atoms with Crippen LogP contribution in [-0.2, 0) is 4.79 Å². The standard InChI is InChI=1S/C17H26N2O3/c1-12(2)11-22-15-8-7-13(10-16(15)21-3)19-17(20)14-6-4-5-9-18-14/h7-8,10,12,14,18H,4-6,9,11H2,1-3H3,(H,19,20)/t14-/m1/s1. The van der Waals surface area contributed by atoms with Crippen LogP contribution >= 0.6 is 0 Å². The van der Waals surface area contributed by atoms with Gasteiger partial charge in [0.2, 0.25) is 5.91 Å². The largest absolute Gasteiger partial charge is 0.493 e. The molecule has 0 aromatic heterocycles.